The average Bonchev–Trinajstić information content (AvgIpc) is 3.51. The largest absolute Gasteiger partial charge is 0.382 e. The Morgan fingerprint density at radius 1 is 1.28 bits per heavy atom. The average molecular weight is 451 g/mol. The molecule has 0 radical (unpaired) electrons. The third-order valence-electron chi connectivity index (χ3n) is 5.73. The number of rotatable bonds is 7. The fraction of sp³-hybridized carbons (Fsp3) is 0.333. The van der Waals surface area contributed by atoms with E-state index in [0.29, 0.717) is 31.2 Å². The van der Waals surface area contributed by atoms with Gasteiger partial charge in [-0.1, -0.05) is 0 Å². The van der Waals surface area contributed by atoms with E-state index < -0.39 is 0 Å². The standard InChI is InChI=1S/C24H26N4O3S/c1-15-11-16-12-17(3-4-19(16)26-15)27-20-5-7-25-21-13-22(32-23(20)21)24(29)28-8-6-18(14-28)31-10-9-30-2/h3-5,7,11-13,18,26H,6,8-10,14H2,1-2H3,(H,25,27). The molecule has 4 heterocycles. The van der Waals surface area contributed by atoms with Crippen LogP contribution in [-0.2, 0) is 9.47 Å². The lowest BCUT2D eigenvalue weighted by Crippen LogP contribution is -2.29. The predicted molar refractivity (Wildman–Crippen MR) is 128 cm³/mol. The van der Waals surface area contributed by atoms with Crippen molar-refractivity contribution in [3.05, 3.63) is 53.2 Å². The molecule has 0 spiro atoms. The fourth-order valence-corrected chi connectivity index (χ4v) is 5.21. The Bertz CT molecular complexity index is 1260. The molecule has 0 bridgehead atoms. The summed E-state index contributed by atoms with van der Waals surface area (Å²) in [6.07, 6.45) is 2.71. The molecule has 0 aliphatic carbocycles. The van der Waals surface area contributed by atoms with Crippen LogP contribution in [0.25, 0.3) is 21.1 Å². The third kappa shape index (κ3) is 4.21. The van der Waals surface area contributed by atoms with E-state index in [1.54, 1.807) is 13.3 Å². The summed E-state index contributed by atoms with van der Waals surface area (Å²) in [6, 6.07) is 12.2. The van der Waals surface area contributed by atoms with Crippen LogP contribution in [0.3, 0.4) is 0 Å². The van der Waals surface area contributed by atoms with Crippen LogP contribution in [0, 0.1) is 6.92 Å². The van der Waals surface area contributed by atoms with E-state index in [4.69, 9.17) is 9.47 Å². The van der Waals surface area contributed by atoms with Crippen molar-refractivity contribution >= 4 is 49.7 Å². The predicted octanol–water partition coefficient (Wildman–Crippen LogP) is 4.71. The molecule has 1 atom stereocenters. The lowest BCUT2D eigenvalue weighted by Gasteiger charge is -2.15. The number of anilines is 2. The molecule has 1 amide bonds. The number of aryl methyl sites for hydroxylation is 1. The summed E-state index contributed by atoms with van der Waals surface area (Å²) in [7, 11) is 1.66. The number of aromatic nitrogens is 2. The highest BCUT2D eigenvalue weighted by Crippen LogP contribution is 2.34. The number of carbonyl (C=O) groups excluding carboxylic acids is 1. The Morgan fingerprint density at radius 3 is 3.06 bits per heavy atom. The van der Waals surface area contributed by atoms with Crippen LogP contribution in [-0.4, -0.2) is 60.3 Å². The molecule has 3 aromatic heterocycles. The van der Waals surface area contributed by atoms with E-state index >= 15 is 0 Å². The van der Waals surface area contributed by atoms with Gasteiger partial charge in [-0.25, -0.2) is 0 Å². The molecule has 8 heteroatoms. The Morgan fingerprint density at radius 2 is 2.19 bits per heavy atom. The van der Waals surface area contributed by atoms with Crippen LogP contribution >= 0.6 is 11.3 Å². The zero-order valence-electron chi connectivity index (χ0n) is 18.2. The number of hydrogen-bond donors (Lipinski definition) is 2. The van der Waals surface area contributed by atoms with E-state index in [9.17, 15) is 4.79 Å². The van der Waals surface area contributed by atoms with Crippen molar-refractivity contribution in [1.29, 1.82) is 0 Å². The van der Waals surface area contributed by atoms with Crippen molar-refractivity contribution in [2.45, 2.75) is 19.4 Å². The first kappa shape index (κ1) is 20.9. The molecule has 7 nitrogen and oxygen atoms in total. The van der Waals surface area contributed by atoms with Gasteiger partial charge in [0, 0.05) is 48.7 Å². The highest BCUT2D eigenvalue weighted by atomic mass is 32.1. The number of ether oxygens (including phenoxy) is 2. The Kier molecular flexibility index (Phi) is 5.82. The smallest absolute Gasteiger partial charge is 0.264 e. The number of pyridine rings is 1. The van der Waals surface area contributed by atoms with Crippen LogP contribution in [0.5, 0.6) is 0 Å². The first-order valence-corrected chi connectivity index (χ1v) is 11.6. The number of amides is 1. The number of likely N-dealkylation sites (tertiary alicyclic amines) is 1. The Labute approximate surface area is 190 Å². The molecule has 1 aliphatic heterocycles. The Balaban J connectivity index is 1.34. The molecule has 4 aromatic rings. The highest BCUT2D eigenvalue weighted by molar-refractivity contribution is 7.21. The number of methoxy groups -OCH3 is 1. The number of nitrogens with zero attached hydrogens (tertiary/aromatic N) is 2. The summed E-state index contributed by atoms with van der Waals surface area (Å²) in [5.74, 6) is 0.0426. The first-order chi connectivity index (χ1) is 15.6. The maximum Gasteiger partial charge on any atom is 0.264 e. The molecule has 166 valence electrons. The zero-order chi connectivity index (χ0) is 22.1. The molecule has 1 aromatic carbocycles. The van der Waals surface area contributed by atoms with Gasteiger partial charge in [-0.15, -0.1) is 11.3 Å². The van der Waals surface area contributed by atoms with Crippen molar-refractivity contribution in [1.82, 2.24) is 14.9 Å². The molecule has 1 saturated heterocycles. The first-order valence-electron chi connectivity index (χ1n) is 10.8. The van der Waals surface area contributed by atoms with Crippen molar-refractivity contribution in [3.8, 4) is 0 Å². The topological polar surface area (TPSA) is 79.5 Å². The summed E-state index contributed by atoms with van der Waals surface area (Å²) in [5, 5.41) is 4.67. The van der Waals surface area contributed by atoms with Crippen LogP contribution in [0.4, 0.5) is 11.4 Å². The minimum absolute atomic E-state index is 0.0426. The minimum Gasteiger partial charge on any atom is -0.382 e. The normalized spacial score (nSPS) is 16.3. The van der Waals surface area contributed by atoms with E-state index in [1.165, 1.54) is 11.3 Å². The molecule has 1 unspecified atom stereocenters. The number of hydrogen-bond acceptors (Lipinski definition) is 6. The number of H-pyrrole nitrogens is 1. The minimum atomic E-state index is 0.0426. The fourth-order valence-electron chi connectivity index (χ4n) is 4.16. The maximum atomic E-state index is 13.1. The van der Waals surface area contributed by atoms with Gasteiger partial charge in [-0.05, 0) is 49.7 Å². The van der Waals surface area contributed by atoms with E-state index in [0.717, 1.165) is 44.6 Å². The summed E-state index contributed by atoms with van der Waals surface area (Å²) >= 11 is 1.49. The molecule has 1 fully saturated rings. The van der Waals surface area contributed by atoms with E-state index in [1.807, 2.05) is 17.0 Å². The van der Waals surface area contributed by atoms with Crippen molar-refractivity contribution < 1.29 is 14.3 Å². The van der Waals surface area contributed by atoms with Gasteiger partial charge in [0.25, 0.3) is 5.91 Å². The Hall–Kier alpha value is -2.94. The van der Waals surface area contributed by atoms with Gasteiger partial charge in [0.05, 0.1) is 40.1 Å². The third-order valence-corrected chi connectivity index (χ3v) is 6.88. The number of thiophene rings is 1. The molecular weight excluding hydrogens is 424 g/mol. The van der Waals surface area contributed by atoms with Crippen molar-refractivity contribution in [2.24, 2.45) is 0 Å². The van der Waals surface area contributed by atoms with Crippen LogP contribution in [0.15, 0.2) is 42.6 Å². The van der Waals surface area contributed by atoms with Crippen molar-refractivity contribution in [2.75, 3.05) is 38.7 Å². The second kappa shape index (κ2) is 8.90. The van der Waals surface area contributed by atoms with Gasteiger partial charge in [0.2, 0.25) is 0 Å². The number of benzene rings is 1. The van der Waals surface area contributed by atoms with Gasteiger partial charge < -0.3 is 24.7 Å². The molecule has 32 heavy (non-hydrogen) atoms. The van der Waals surface area contributed by atoms with Crippen LogP contribution < -0.4 is 5.32 Å². The maximum absolute atomic E-state index is 13.1. The summed E-state index contributed by atoms with van der Waals surface area (Å²) in [5.41, 5.74) is 5.04. The number of fused-ring (bicyclic) bond motifs is 2. The lowest BCUT2D eigenvalue weighted by molar-refractivity contribution is 0.0219. The number of nitrogens with one attached hydrogen (secondary N) is 2. The highest BCUT2D eigenvalue weighted by Gasteiger charge is 2.28. The molecule has 1 aliphatic rings. The van der Waals surface area contributed by atoms with Crippen LogP contribution in [0.1, 0.15) is 21.8 Å². The van der Waals surface area contributed by atoms with Gasteiger partial charge >= 0.3 is 0 Å². The molecule has 2 N–H and O–H groups in total. The quantitative estimate of drug-likeness (QED) is 0.399. The van der Waals surface area contributed by atoms with Gasteiger partial charge in [0.1, 0.15) is 0 Å². The van der Waals surface area contributed by atoms with Crippen molar-refractivity contribution in [3.63, 3.8) is 0 Å². The zero-order valence-corrected chi connectivity index (χ0v) is 19.0. The molecule has 0 saturated carbocycles. The van der Waals surface area contributed by atoms with Gasteiger partial charge in [-0.2, -0.15) is 0 Å². The SMILES string of the molecule is COCCOC1CCN(C(=O)c2cc3nccc(Nc4ccc5[nH]c(C)cc5c4)c3s2)C1. The second-order valence-electron chi connectivity index (χ2n) is 8.09. The number of aromatic amines is 1. The van der Waals surface area contributed by atoms with E-state index in [-0.39, 0.29) is 12.0 Å². The number of carbonyl (C=O) groups is 1. The lowest BCUT2D eigenvalue weighted by atomic mass is 10.2. The van der Waals surface area contributed by atoms with E-state index in [2.05, 4.69) is 46.5 Å². The molecule has 5 rings (SSSR count). The van der Waals surface area contributed by atoms with Gasteiger partial charge in [0.15, 0.2) is 0 Å². The monoisotopic (exact) mass is 450 g/mol. The summed E-state index contributed by atoms with van der Waals surface area (Å²) < 4.78 is 11.8. The molecular formula is C24H26N4O3S. The summed E-state index contributed by atoms with van der Waals surface area (Å²) in [4.78, 5) is 23.5. The van der Waals surface area contributed by atoms with Gasteiger partial charge in [-0.3, -0.25) is 9.78 Å². The van der Waals surface area contributed by atoms with Crippen LogP contribution in [0.2, 0.25) is 0 Å². The summed E-state index contributed by atoms with van der Waals surface area (Å²) in [6.45, 7) is 4.50. The second-order valence-corrected chi connectivity index (χ2v) is 9.14.